The molecule has 0 radical (unpaired) electrons. The molecule has 0 spiro atoms. The second-order valence-electron chi connectivity index (χ2n) is 6.03. The molecule has 0 saturated heterocycles. The molecule has 7 heteroatoms. The van der Waals surface area contributed by atoms with Crippen LogP contribution in [-0.2, 0) is 16.8 Å². The van der Waals surface area contributed by atoms with Gasteiger partial charge < -0.3 is 10.1 Å². The van der Waals surface area contributed by atoms with Crippen LogP contribution in [-0.4, -0.2) is 31.9 Å². The number of rotatable bonds is 2. The number of alkyl carbamates (subject to hydrolysis) is 1. The van der Waals surface area contributed by atoms with E-state index in [1.165, 1.54) is 0 Å². The molecule has 18 heavy (non-hydrogen) atoms. The van der Waals surface area contributed by atoms with Crippen LogP contribution in [0.25, 0.3) is 0 Å². The van der Waals surface area contributed by atoms with Gasteiger partial charge in [0.1, 0.15) is 5.60 Å². The van der Waals surface area contributed by atoms with E-state index < -0.39 is 11.7 Å². The summed E-state index contributed by atoms with van der Waals surface area (Å²) in [5, 5.41) is 14.0. The topological polar surface area (TPSA) is 81.9 Å². The van der Waals surface area contributed by atoms with E-state index in [4.69, 9.17) is 4.74 Å². The maximum Gasteiger partial charge on any atom is 0.408 e. The summed E-state index contributed by atoms with van der Waals surface area (Å²) in [5.74, 6) is 0.591. The van der Waals surface area contributed by atoms with Crippen molar-refractivity contribution in [1.29, 1.82) is 0 Å². The fourth-order valence-corrected chi connectivity index (χ4v) is 1.30. The molecule has 1 amide bonds. The molecule has 1 rings (SSSR count). The molecule has 0 fully saturated rings. The maximum atomic E-state index is 11.5. The van der Waals surface area contributed by atoms with E-state index in [0.717, 1.165) is 0 Å². The molecule has 1 N–H and O–H groups in total. The summed E-state index contributed by atoms with van der Waals surface area (Å²) in [6, 6.07) is 0. The van der Waals surface area contributed by atoms with Crippen LogP contribution in [0.1, 0.15) is 47.4 Å². The number of tetrazole rings is 1. The van der Waals surface area contributed by atoms with Crippen molar-refractivity contribution in [3.05, 3.63) is 5.82 Å². The molecule has 0 aliphatic carbocycles. The average Bonchev–Trinajstić information content (AvgIpc) is 2.58. The Bertz CT molecular complexity index is 414. The molecule has 1 aromatic rings. The standard InChI is InChI=1S/C11H21N5O2/c1-10(2,3)16-8(13-14-15-16)7-12-9(17)18-11(4,5)6/h7H2,1-6H3,(H,12,17). The molecule has 0 aromatic carbocycles. The first-order chi connectivity index (χ1) is 8.09. The Morgan fingerprint density at radius 2 is 1.89 bits per heavy atom. The first-order valence-electron chi connectivity index (χ1n) is 5.84. The number of nitrogens with one attached hydrogen (secondary N) is 1. The number of amides is 1. The van der Waals surface area contributed by atoms with Crippen molar-refractivity contribution in [2.45, 2.75) is 59.2 Å². The first kappa shape index (κ1) is 14.4. The van der Waals surface area contributed by atoms with E-state index in [0.29, 0.717) is 5.82 Å². The van der Waals surface area contributed by atoms with Crippen molar-refractivity contribution in [3.8, 4) is 0 Å². The minimum Gasteiger partial charge on any atom is -0.444 e. The molecule has 0 bridgehead atoms. The third-order valence-corrected chi connectivity index (χ3v) is 1.96. The van der Waals surface area contributed by atoms with Crippen LogP contribution in [0.3, 0.4) is 0 Å². The molecule has 0 atom stereocenters. The average molecular weight is 255 g/mol. The Labute approximate surface area is 107 Å². The number of aromatic nitrogens is 4. The van der Waals surface area contributed by atoms with Crippen LogP contribution >= 0.6 is 0 Å². The van der Waals surface area contributed by atoms with Gasteiger partial charge in [0.25, 0.3) is 0 Å². The second kappa shape index (κ2) is 4.91. The minimum absolute atomic E-state index is 0.228. The number of ether oxygens (including phenoxy) is 1. The van der Waals surface area contributed by atoms with Crippen molar-refractivity contribution in [2.24, 2.45) is 0 Å². The smallest absolute Gasteiger partial charge is 0.408 e. The van der Waals surface area contributed by atoms with Gasteiger partial charge in [-0.1, -0.05) is 0 Å². The lowest BCUT2D eigenvalue weighted by Gasteiger charge is -2.21. The zero-order valence-electron chi connectivity index (χ0n) is 11.8. The Morgan fingerprint density at radius 3 is 2.39 bits per heavy atom. The highest BCUT2D eigenvalue weighted by atomic mass is 16.6. The zero-order chi connectivity index (χ0) is 14.0. The van der Waals surface area contributed by atoms with E-state index in [1.54, 1.807) is 4.68 Å². The number of hydrogen-bond acceptors (Lipinski definition) is 5. The fraction of sp³-hybridized carbons (Fsp3) is 0.818. The van der Waals surface area contributed by atoms with Crippen LogP contribution in [0.15, 0.2) is 0 Å². The van der Waals surface area contributed by atoms with Crippen LogP contribution in [0.2, 0.25) is 0 Å². The summed E-state index contributed by atoms with van der Waals surface area (Å²) in [4.78, 5) is 11.5. The SMILES string of the molecule is CC(C)(C)OC(=O)NCc1nnnn1C(C)(C)C. The number of carbonyl (C=O) groups excluding carboxylic acids is 1. The molecule has 1 heterocycles. The van der Waals surface area contributed by atoms with Gasteiger partial charge in [-0.15, -0.1) is 5.10 Å². The molecule has 0 aliphatic heterocycles. The van der Waals surface area contributed by atoms with Gasteiger partial charge in [0.15, 0.2) is 5.82 Å². The third kappa shape index (κ3) is 4.31. The molecular weight excluding hydrogens is 234 g/mol. The monoisotopic (exact) mass is 255 g/mol. The van der Waals surface area contributed by atoms with E-state index in [-0.39, 0.29) is 12.1 Å². The summed E-state index contributed by atoms with van der Waals surface area (Å²) in [6.45, 7) is 11.6. The molecule has 0 aliphatic rings. The highest BCUT2D eigenvalue weighted by Gasteiger charge is 2.21. The summed E-state index contributed by atoms with van der Waals surface area (Å²) < 4.78 is 6.80. The summed E-state index contributed by atoms with van der Waals surface area (Å²) in [6.07, 6.45) is -0.481. The summed E-state index contributed by atoms with van der Waals surface area (Å²) in [5.41, 5.74) is -0.742. The van der Waals surface area contributed by atoms with E-state index in [1.807, 2.05) is 41.5 Å². The van der Waals surface area contributed by atoms with Gasteiger partial charge in [0, 0.05) is 0 Å². The van der Waals surface area contributed by atoms with Gasteiger partial charge in [0.05, 0.1) is 12.1 Å². The van der Waals surface area contributed by atoms with Gasteiger partial charge in [-0.25, -0.2) is 9.48 Å². The lowest BCUT2D eigenvalue weighted by Crippen LogP contribution is -2.34. The Kier molecular flexibility index (Phi) is 3.93. The third-order valence-electron chi connectivity index (χ3n) is 1.96. The largest absolute Gasteiger partial charge is 0.444 e. The lowest BCUT2D eigenvalue weighted by molar-refractivity contribution is 0.0520. The Morgan fingerprint density at radius 1 is 1.28 bits per heavy atom. The lowest BCUT2D eigenvalue weighted by atomic mass is 10.1. The van der Waals surface area contributed by atoms with Crippen LogP contribution in [0.4, 0.5) is 4.79 Å². The predicted molar refractivity (Wildman–Crippen MR) is 65.9 cm³/mol. The Hall–Kier alpha value is -1.66. The van der Waals surface area contributed by atoms with Gasteiger partial charge in [-0.3, -0.25) is 0 Å². The maximum absolute atomic E-state index is 11.5. The highest BCUT2D eigenvalue weighted by molar-refractivity contribution is 5.67. The van der Waals surface area contributed by atoms with Crippen molar-refractivity contribution in [2.75, 3.05) is 0 Å². The Balaban J connectivity index is 2.60. The summed E-state index contributed by atoms with van der Waals surface area (Å²) in [7, 11) is 0. The summed E-state index contributed by atoms with van der Waals surface area (Å²) >= 11 is 0. The normalized spacial score (nSPS) is 12.3. The number of carbonyl (C=O) groups is 1. The van der Waals surface area contributed by atoms with Gasteiger partial charge in [-0.2, -0.15) is 0 Å². The zero-order valence-corrected chi connectivity index (χ0v) is 11.8. The van der Waals surface area contributed by atoms with Crippen molar-refractivity contribution >= 4 is 6.09 Å². The molecule has 102 valence electrons. The molecule has 1 aromatic heterocycles. The van der Waals surface area contributed by atoms with Crippen molar-refractivity contribution in [3.63, 3.8) is 0 Å². The number of nitrogens with zero attached hydrogens (tertiary/aromatic N) is 4. The van der Waals surface area contributed by atoms with E-state index in [9.17, 15) is 4.79 Å². The van der Waals surface area contributed by atoms with E-state index in [2.05, 4.69) is 20.8 Å². The number of hydrogen-bond donors (Lipinski definition) is 1. The molecule has 0 saturated carbocycles. The van der Waals surface area contributed by atoms with E-state index >= 15 is 0 Å². The van der Waals surface area contributed by atoms with Crippen LogP contribution in [0, 0.1) is 0 Å². The predicted octanol–water partition coefficient (Wildman–Crippen LogP) is 1.45. The molecule has 0 unspecified atom stereocenters. The fourth-order valence-electron chi connectivity index (χ4n) is 1.30. The highest BCUT2D eigenvalue weighted by Crippen LogP contribution is 2.13. The van der Waals surface area contributed by atoms with Crippen LogP contribution in [0.5, 0.6) is 0 Å². The second-order valence-corrected chi connectivity index (χ2v) is 6.03. The van der Waals surface area contributed by atoms with Crippen molar-refractivity contribution < 1.29 is 9.53 Å². The van der Waals surface area contributed by atoms with Crippen molar-refractivity contribution in [1.82, 2.24) is 25.5 Å². The van der Waals surface area contributed by atoms with Gasteiger partial charge in [-0.05, 0) is 52.0 Å². The van der Waals surface area contributed by atoms with Gasteiger partial charge >= 0.3 is 6.09 Å². The van der Waals surface area contributed by atoms with Gasteiger partial charge in [0.2, 0.25) is 0 Å². The molecule has 7 nitrogen and oxygen atoms in total. The quantitative estimate of drug-likeness (QED) is 0.865. The van der Waals surface area contributed by atoms with Crippen LogP contribution < -0.4 is 5.32 Å². The first-order valence-corrected chi connectivity index (χ1v) is 5.84. The molecular formula is C11H21N5O2. The minimum atomic E-state index is -0.514.